The van der Waals surface area contributed by atoms with Crippen molar-refractivity contribution in [3.05, 3.63) is 28.2 Å². The lowest BCUT2D eigenvalue weighted by atomic mass is 10.2. The fourth-order valence-corrected chi connectivity index (χ4v) is 3.06. The highest BCUT2D eigenvalue weighted by Gasteiger charge is 2.12. The first-order valence-electron chi connectivity index (χ1n) is 4.58. The lowest BCUT2D eigenvalue weighted by molar-refractivity contribution is 0.641. The largest absolute Gasteiger partial charge is 0.330 e. The van der Waals surface area contributed by atoms with Gasteiger partial charge in [0.1, 0.15) is 0 Å². The Labute approximate surface area is 102 Å². The Kier molecular flexibility index (Phi) is 5.06. The normalized spacial score (nSPS) is 14.9. The maximum absolute atomic E-state index is 11.9. The molecule has 0 aliphatic heterocycles. The lowest BCUT2D eigenvalue weighted by Crippen LogP contribution is -2.17. The molecule has 2 nitrogen and oxygen atoms in total. The molecule has 0 fully saturated rings. The van der Waals surface area contributed by atoms with E-state index in [9.17, 15) is 4.21 Å². The summed E-state index contributed by atoms with van der Waals surface area (Å²) in [5, 5.41) is 1.03. The maximum Gasteiger partial charge on any atom is 0.0589 e. The third-order valence-corrected chi connectivity index (χ3v) is 4.35. The van der Waals surface area contributed by atoms with Crippen molar-refractivity contribution >= 4 is 34.0 Å². The number of nitrogens with two attached hydrogens (primary N) is 1. The van der Waals surface area contributed by atoms with Crippen LogP contribution in [0, 0.1) is 5.92 Å². The third-order valence-electron chi connectivity index (χ3n) is 1.98. The Hall–Kier alpha value is -0.0900. The summed E-state index contributed by atoms with van der Waals surface area (Å²) in [6.45, 7) is 2.47. The molecular formula is C10H13Cl2NOS. The van der Waals surface area contributed by atoms with E-state index in [0.717, 1.165) is 0 Å². The van der Waals surface area contributed by atoms with Gasteiger partial charge in [-0.05, 0) is 30.7 Å². The highest BCUT2D eigenvalue weighted by atomic mass is 35.5. The first kappa shape index (κ1) is 13.0. The molecule has 2 atom stereocenters. The number of halogens is 2. The van der Waals surface area contributed by atoms with E-state index in [4.69, 9.17) is 28.9 Å². The van der Waals surface area contributed by atoms with Gasteiger partial charge >= 0.3 is 0 Å². The van der Waals surface area contributed by atoms with Gasteiger partial charge in [0, 0.05) is 10.8 Å². The number of rotatable bonds is 4. The highest BCUT2D eigenvalue weighted by Crippen LogP contribution is 2.24. The third kappa shape index (κ3) is 3.76. The van der Waals surface area contributed by atoms with Crippen LogP contribution in [0.1, 0.15) is 6.92 Å². The van der Waals surface area contributed by atoms with Gasteiger partial charge in [-0.1, -0.05) is 30.1 Å². The zero-order valence-corrected chi connectivity index (χ0v) is 10.7. The van der Waals surface area contributed by atoms with Crippen LogP contribution >= 0.6 is 23.2 Å². The zero-order chi connectivity index (χ0) is 11.4. The summed E-state index contributed by atoms with van der Waals surface area (Å²) in [6, 6.07) is 4.98. The van der Waals surface area contributed by atoms with Gasteiger partial charge < -0.3 is 5.73 Å². The Bertz CT molecular complexity index is 370. The van der Waals surface area contributed by atoms with Crippen LogP contribution in [0.4, 0.5) is 0 Å². The average molecular weight is 266 g/mol. The van der Waals surface area contributed by atoms with Crippen molar-refractivity contribution in [2.45, 2.75) is 11.8 Å². The molecule has 1 aromatic carbocycles. The Balaban J connectivity index is 2.86. The number of benzene rings is 1. The van der Waals surface area contributed by atoms with E-state index in [1.165, 1.54) is 0 Å². The van der Waals surface area contributed by atoms with Crippen LogP contribution in [0.15, 0.2) is 23.1 Å². The van der Waals surface area contributed by atoms with Crippen molar-refractivity contribution in [1.82, 2.24) is 0 Å². The van der Waals surface area contributed by atoms with Gasteiger partial charge in [0.25, 0.3) is 0 Å². The van der Waals surface area contributed by atoms with Crippen molar-refractivity contribution in [1.29, 1.82) is 0 Å². The first-order valence-corrected chi connectivity index (χ1v) is 6.65. The second-order valence-electron chi connectivity index (χ2n) is 3.43. The molecule has 84 valence electrons. The molecule has 0 radical (unpaired) electrons. The molecule has 0 saturated heterocycles. The van der Waals surface area contributed by atoms with Crippen LogP contribution in [0.3, 0.4) is 0 Å². The molecule has 15 heavy (non-hydrogen) atoms. The molecule has 1 rings (SSSR count). The summed E-state index contributed by atoms with van der Waals surface area (Å²) < 4.78 is 11.9. The van der Waals surface area contributed by atoms with Crippen LogP contribution < -0.4 is 5.73 Å². The fraction of sp³-hybridized carbons (Fsp3) is 0.400. The van der Waals surface area contributed by atoms with E-state index in [-0.39, 0.29) is 5.92 Å². The van der Waals surface area contributed by atoms with Gasteiger partial charge in [-0.2, -0.15) is 0 Å². The molecule has 0 spiro atoms. The molecule has 0 heterocycles. The summed E-state index contributed by atoms with van der Waals surface area (Å²) >= 11 is 11.7. The van der Waals surface area contributed by atoms with Crippen molar-refractivity contribution < 1.29 is 4.21 Å². The molecule has 0 aromatic heterocycles. The van der Waals surface area contributed by atoms with Gasteiger partial charge in [0.15, 0.2) is 0 Å². The van der Waals surface area contributed by atoms with E-state index in [2.05, 4.69) is 0 Å². The predicted molar refractivity (Wildman–Crippen MR) is 66.0 cm³/mol. The van der Waals surface area contributed by atoms with Crippen LogP contribution in [0.2, 0.25) is 10.0 Å². The van der Waals surface area contributed by atoms with Gasteiger partial charge in [-0.15, -0.1) is 0 Å². The van der Waals surface area contributed by atoms with Gasteiger partial charge in [-0.25, -0.2) is 0 Å². The molecule has 5 heteroatoms. The van der Waals surface area contributed by atoms with E-state index < -0.39 is 10.8 Å². The van der Waals surface area contributed by atoms with Crippen molar-refractivity contribution in [3.63, 3.8) is 0 Å². The minimum Gasteiger partial charge on any atom is -0.330 e. The number of hydrogen-bond donors (Lipinski definition) is 1. The van der Waals surface area contributed by atoms with Crippen LogP contribution in [-0.4, -0.2) is 16.5 Å². The van der Waals surface area contributed by atoms with E-state index >= 15 is 0 Å². The Morgan fingerprint density at radius 1 is 1.47 bits per heavy atom. The number of hydrogen-bond acceptors (Lipinski definition) is 2. The predicted octanol–water partition coefficient (Wildman–Crippen LogP) is 2.70. The highest BCUT2D eigenvalue weighted by molar-refractivity contribution is 7.85. The monoisotopic (exact) mass is 265 g/mol. The Morgan fingerprint density at radius 2 is 2.13 bits per heavy atom. The summed E-state index contributed by atoms with van der Waals surface area (Å²) in [5.41, 5.74) is 5.47. The van der Waals surface area contributed by atoms with Crippen molar-refractivity contribution in [2.24, 2.45) is 11.7 Å². The summed E-state index contributed by atoms with van der Waals surface area (Å²) in [7, 11) is -1.13. The summed E-state index contributed by atoms with van der Waals surface area (Å²) in [6.07, 6.45) is 0. The van der Waals surface area contributed by atoms with E-state index in [1.54, 1.807) is 18.2 Å². The summed E-state index contributed by atoms with van der Waals surface area (Å²) in [4.78, 5) is 0.587. The standard InChI is InChI=1S/C10H13Cl2NOS/c1-7(5-13)6-15(14)10-4-8(11)2-3-9(10)12/h2-4,7H,5-6,13H2,1H3. The van der Waals surface area contributed by atoms with Crippen LogP contribution in [0.25, 0.3) is 0 Å². The van der Waals surface area contributed by atoms with Crippen LogP contribution in [-0.2, 0) is 10.8 Å². The molecule has 0 aliphatic rings. The van der Waals surface area contributed by atoms with Crippen LogP contribution in [0.5, 0.6) is 0 Å². The zero-order valence-electron chi connectivity index (χ0n) is 8.37. The minimum absolute atomic E-state index is 0.209. The van der Waals surface area contributed by atoms with Gasteiger partial charge in [-0.3, -0.25) is 4.21 Å². The molecule has 0 bridgehead atoms. The van der Waals surface area contributed by atoms with E-state index in [0.29, 0.717) is 27.2 Å². The smallest absolute Gasteiger partial charge is 0.0589 e. The summed E-state index contributed by atoms with van der Waals surface area (Å²) in [5.74, 6) is 0.720. The second-order valence-corrected chi connectivity index (χ2v) is 5.74. The molecule has 0 saturated carbocycles. The average Bonchev–Trinajstić information content (AvgIpc) is 2.21. The molecular weight excluding hydrogens is 253 g/mol. The SMILES string of the molecule is CC(CN)CS(=O)c1cc(Cl)ccc1Cl. The molecule has 2 unspecified atom stereocenters. The molecule has 2 N–H and O–H groups in total. The Morgan fingerprint density at radius 3 is 2.73 bits per heavy atom. The maximum atomic E-state index is 11.9. The molecule has 1 aromatic rings. The first-order chi connectivity index (χ1) is 7.04. The molecule has 0 aliphatic carbocycles. The molecule has 0 amide bonds. The van der Waals surface area contributed by atoms with Crippen molar-refractivity contribution in [3.8, 4) is 0 Å². The lowest BCUT2D eigenvalue weighted by Gasteiger charge is -2.09. The quantitative estimate of drug-likeness (QED) is 0.910. The van der Waals surface area contributed by atoms with Crippen molar-refractivity contribution in [2.75, 3.05) is 12.3 Å². The van der Waals surface area contributed by atoms with E-state index in [1.807, 2.05) is 6.92 Å². The fourth-order valence-electron chi connectivity index (χ4n) is 1.07. The minimum atomic E-state index is -1.13. The second kappa shape index (κ2) is 5.85. The topological polar surface area (TPSA) is 43.1 Å². The van der Waals surface area contributed by atoms with Gasteiger partial charge in [0.2, 0.25) is 0 Å². The van der Waals surface area contributed by atoms with Gasteiger partial charge in [0.05, 0.1) is 20.7 Å².